The Kier molecular flexibility index (Phi) is 4.49. The van der Waals surface area contributed by atoms with Gasteiger partial charge in [0.2, 0.25) is 5.91 Å². The molecule has 0 aliphatic carbocycles. The third-order valence-electron chi connectivity index (χ3n) is 2.19. The number of rotatable bonds is 5. The number of carboxylic acid groups (broad SMARTS) is 1. The van der Waals surface area contributed by atoms with Crippen LogP contribution in [0.2, 0.25) is 0 Å². The highest BCUT2D eigenvalue weighted by molar-refractivity contribution is 7.14. The molecule has 1 heterocycles. The van der Waals surface area contributed by atoms with Crippen molar-refractivity contribution in [3.8, 4) is 0 Å². The van der Waals surface area contributed by atoms with Crippen LogP contribution >= 0.6 is 11.3 Å². The van der Waals surface area contributed by atoms with Crippen molar-refractivity contribution < 1.29 is 19.5 Å². The molecular weight excluding hydrogens is 270 g/mol. The van der Waals surface area contributed by atoms with Crippen molar-refractivity contribution in [1.82, 2.24) is 5.32 Å². The first kappa shape index (κ1) is 15.0. The summed E-state index contributed by atoms with van der Waals surface area (Å²) >= 11 is 1.10. The van der Waals surface area contributed by atoms with E-state index in [-0.39, 0.29) is 17.0 Å². The molecule has 0 unspecified atom stereocenters. The third-order valence-corrected chi connectivity index (χ3v) is 3.02. The summed E-state index contributed by atoms with van der Waals surface area (Å²) in [6, 6.07) is 0.813. The maximum atomic E-state index is 11.7. The van der Waals surface area contributed by atoms with Crippen molar-refractivity contribution in [2.45, 2.75) is 25.8 Å². The first-order valence-corrected chi connectivity index (χ1v) is 6.27. The molecule has 0 spiro atoms. The Morgan fingerprint density at radius 2 is 2.05 bits per heavy atom. The minimum Gasteiger partial charge on any atom is -0.478 e. The summed E-state index contributed by atoms with van der Waals surface area (Å²) in [5.74, 6) is -1.65. The topological polar surface area (TPSA) is 122 Å². The summed E-state index contributed by atoms with van der Waals surface area (Å²) in [4.78, 5) is 33.4. The van der Waals surface area contributed by atoms with Gasteiger partial charge in [0.15, 0.2) is 0 Å². The predicted molar refractivity (Wildman–Crippen MR) is 71.3 cm³/mol. The van der Waals surface area contributed by atoms with E-state index in [4.69, 9.17) is 10.8 Å². The van der Waals surface area contributed by atoms with Crippen molar-refractivity contribution in [2.24, 2.45) is 5.73 Å². The Labute approximate surface area is 113 Å². The first-order valence-electron chi connectivity index (χ1n) is 5.39. The molecule has 0 radical (unpaired) electrons. The van der Waals surface area contributed by atoms with E-state index < -0.39 is 23.4 Å². The molecule has 1 rings (SSSR count). The van der Waals surface area contributed by atoms with Gasteiger partial charge in [0.1, 0.15) is 5.00 Å². The fourth-order valence-electron chi connectivity index (χ4n) is 1.50. The zero-order chi connectivity index (χ0) is 14.6. The number of primary amides is 1. The lowest BCUT2D eigenvalue weighted by molar-refractivity contribution is -0.119. The van der Waals surface area contributed by atoms with Crippen LogP contribution in [-0.4, -0.2) is 28.6 Å². The SMILES string of the molecule is CC(C)(CC(N)=O)NC(=O)Nc1sccc1C(=O)O. The number of nitrogens with one attached hydrogen (secondary N) is 2. The fraction of sp³-hybridized carbons (Fsp3) is 0.364. The van der Waals surface area contributed by atoms with Crippen LogP contribution in [0.1, 0.15) is 30.6 Å². The van der Waals surface area contributed by atoms with Gasteiger partial charge in [-0.15, -0.1) is 11.3 Å². The summed E-state index contributed by atoms with van der Waals surface area (Å²) in [7, 11) is 0. The second kappa shape index (κ2) is 5.70. The van der Waals surface area contributed by atoms with E-state index in [1.807, 2.05) is 0 Å². The number of amides is 3. The van der Waals surface area contributed by atoms with Crippen LogP contribution in [0.15, 0.2) is 11.4 Å². The number of nitrogens with two attached hydrogens (primary N) is 1. The molecule has 3 amide bonds. The van der Waals surface area contributed by atoms with Crippen LogP contribution in [0.4, 0.5) is 9.80 Å². The van der Waals surface area contributed by atoms with Crippen LogP contribution in [-0.2, 0) is 4.79 Å². The van der Waals surface area contributed by atoms with Gasteiger partial charge in [-0.05, 0) is 25.3 Å². The number of urea groups is 1. The molecule has 0 aromatic carbocycles. The summed E-state index contributed by atoms with van der Waals surface area (Å²) in [6.07, 6.45) is -0.0172. The second-order valence-electron chi connectivity index (χ2n) is 4.57. The van der Waals surface area contributed by atoms with Crippen molar-refractivity contribution in [3.63, 3.8) is 0 Å². The average molecular weight is 285 g/mol. The van der Waals surface area contributed by atoms with E-state index in [0.717, 1.165) is 11.3 Å². The monoisotopic (exact) mass is 285 g/mol. The predicted octanol–water partition coefficient (Wildman–Crippen LogP) is 1.22. The van der Waals surface area contributed by atoms with Crippen LogP contribution in [0, 0.1) is 0 Å². The fourth-order valence-corrected chi connectivity index (χ4v) is 2.27. The highest BCUT2D eigenvalue weighted by Crippen LogP contribution is 2.23. The maximum Gasteiger partial charge on any atom is 0.338 e. The zero-order valence-electron chi connectivity index (χ0n) is 10.5. The maximum absolute atomic E-state index is 11.7. The molecule has 0 fully saturated rings. The van der Waals surface area contributed by atoms with Gasteiger partial charge in [-0.1, -0.05) is 0 Å². The normalized spacial score (nSPS) is 10.8. The highest BCUT2D eigenvalue weighted by Gasteiger charge is 2.23. The molecule has 0 aliphatic rings. The number of hydrogen-bond donors (Lipinski definition) is 4. The Bertz CT molecular complexity index is 510. The highest BCUT2D eigenvalue weighted by atomic mass is 32.1. The van der Waals surface area contributed by atoms with E-state index >= 15 is 0 Å². The summed E-state index contributed by atoms with van der Waals surface area (Å²) in [5, 5.41) is 15.7. The summed E-state index contributed by atoms with van der Waals surface area (Å²) in [5.41, 5.74) is 4.28. The Hall–Kier alpha value is -2.09. The minimum absolute atomic E-state index is 0.0172. The van der Waals surface area contributed by atoms with Gasteiger partial charge >= 0.3 is 12.0 Å². The van der Waals surface area contributed by atoms with Crippen LogP contribution in [0.25, 0.3) is 0 Å². The zero-order valence-corrected chi connectivity index (χ0v) is 11.3. The molecule has 0 atom stereocenters. The van der Waals surface area contributed by atoms with Crippen molar-refractivity contribution in [2.75, 3.05) is 5.32 Å². The Morgan fingerprint density at radius 1 is 1.42 bits per heavy atom. The van der Waals surface area contributed by atoms with E-state index in [2.05, 4.69) is 10.6 Å². The molecule has 7 nitrogen and oxygen atoms in total. The number of anilines is 1. The molecule has 19 heavy (non-hydrogen) atoms. The van der Waals surface area contributed by atoms with Gasteiger partial charge in [-0.25, -0.2) is 9.59 Å². The molecule has 0 aliphatic heterocycles. The molecule has 104 valence electrons. The number of aromatic carboxylic acids is 1. The molecule has 0 bridgehead atoms. The van der Waals surface area contributed by atoms with Gasteiger partial charge < -0.3 is 16.2 Å². The largest absolute Gasteiger partial charge is 0.478 e. The first-order chi connectivity index (χ1) is 8.71. The number of thiophene rings is 1. The Balaban J connectivity index is 2.68. The molecule has 1 aromatic rings. The quantitative estimate of drug-likeness (QED) is 0.649. The minimum atomic E-state index is -1.12. The standard InChI is InChI=1S/C11H15N3O4S/c1-11(2,5-7(12)15)14-10(18)13-8-6(9(16)17)3-4-19-8/h3-4H,5H2,1-2H3,(H2,12,15)(H,16,17)(H2,13,14,18). The lowest BCUT2D eigenvalue weighted by Gasteiger charge is -2.24. The van der Waals surface area contributed by atoms with Crippen LogP contribution in [0.5, 0.6) is 0 Å². The molecular formula is C11H15N3O4S. The number of carbonyl (C=O) groups excluding carboxylic acids is 2. The van der Waals surface area contributed by atoms with Gasteiger partial charge in [-0.2, -0.15) is 0 Å². The van der Waals surface area contributed by atoms with Crippen molar-refractivity contribution >= 4 is 34.2 Å². The van der Waals surface area contributed by atoms with Crippen LogP contribution in [0.3, 0.4) is 0 Å². The van der Waals surface area contributed by atoms with Crippen molar-refractivity contribution in [3.05, 3.63) is 17.0 Å². The lowest BCUT2D eigenvalue weighted by Crippen LogP contribution is -2.47. The second-order valence-corrected chi connectivity index (χ2v) is 5.49. The molecule has 0 saturated carbocycles. The van der Waals surface area contributed by atoms with Crippen molar-refractivity contribution in [1.29, 1.82) is 0 Å². The van der Waals surface area contributed by atoms with E-state index in [1.54, 1.807) is 19.2 Å². The van der Waals surface area contributed by atoms with Gasteiger partial charge in [0.05, 0.1) is 5.56 Å². The van der Waals surface area contributed by atoms with Gasteiger partial charge in [0.25, 0.3) is 0 Å². The third kappa shape index (κ3) is 4.59. The van der Waals surface area contributed by atoms with E-state index in [0.29, 0.717) is 0 Å². The average Bonchev–Trinajstić information content (AvgIpc) is 2.61. The van der Waals surface area contributed by atoms with E-state index in [9.17, 15) is 14.4 Å². The summed E-state index contributed by atoms with van der Waals surface area (Å²) < 4.78 is 0. The molecule has 5 N–H and O–H groups in total. The molecule has 8 heteroatoms. The number of hydrogen-bond acceptors (Lipinski definition) is 4. The van der Waals surface area contributed by atoms with Gasteiger partial charge in [-0.3, -0.25) is 10.1 Å². The van der Waals surface area contributed by atoms with Gasteiger partial charge in [0, 0.05) is 12.0 Å². The smallest absolute Gasteiger partial charge is 0.338 e. The molecule has 1 aromatic heterocycles. The number of carboxylic acids is 1. The Morgan fingerprint density at radius 3 is 2.58 bits per heavy atom. The van der Waals surface area contributed by atoms with Crippen LogP contribution < -0.4 is 16.4 Å². The summed E-state index contributed by atoms with van der Waals surface area (Å²) in [6.45, 7) is 3.29. The molecule has 0 saturated heterocycles. The van der Waals surface area contributed by atoms with E-state index in [1.165, 1.54) is 6.07 Å². The number of carbonyl (C=O) groups is 3. The lowest BCUT2D eigenvalue weighted by atomic mass is 10.0.